The van der Waals surface area contributed by atoms with E-state index < -0.39 is 44.0 Å². The Hall–Kier alpha value is -3.06. The van der Waals surface area contributed by atoms with Crippen molar-refractivity contribution in [2.75, 3.05) is 37.9 Å². The van der Waals surface area contributed by atoms with Gasteiger partial charge in [0.25, 0.3) is 0 Å². The van der Waals surface area contributed by atoms with E-state index in [4.69, 9.17) is 0 Å². The molecule has 0 bridgehead atoms. The second-order valence-electron chi connectivity index (χ2n) is 8.77. The largest absolute Gasteiger partial charge is 0.362 e. The van der Waals surface area contributed by atoms with Gasteiger partial charge in [0.05, 0.1) is 5.52 Å². The lowest BCUT2D eigenvalue weighted by Crippen LogP contribution is -2.23. The first-order chi connectivity index (χ1) is 17.5. The normalized spacial score (nSPS) is 14.3. The van der Waals surface area contributed by atoms with Crippen LogP contribution in [0.2, 0.25) is 0 Å². The van der Waals surface area contributed by atoms with E-state index >= 15 is 0 Å². The molecule has 0 radical (unpaired) electrons. The first kappa shape index (κ1) is 28.5. The average Bonchev–Trinajstić information content (AvgIpc) is 2.90. The Kier molecular flexibility index (Phi) is 9.24. The molecule has 4 rings (SSSR count). The molecule has 7 nitrogen and oxygen atoms in total. The molecule has 1 heterocycles. The molecule has 1 fully saturated rings. The molecule has 0 aliphatic heterocycles. The molecule has 1 aliphatic rings. The van der Waals surface area contributed by atoms with E-state index in [9.17, 15) is 30.4 Å². The fraction of sp³-hybridized carbons (Fsp3) is 0.417. The van der Waals surface area contributed by atoms with E-state index in [1.54, 1.807) is 0 Å². The Morgan fingerprint density at radius 1 is 0.892 bits per heavy atom. The van der Waals surface area contributed by atoms with Crippen LogP contribution in [-0.4, -0.2) is 46.1 Å². The van der Waals surface area contributed by atoms with Gasteiger partial charge in [-0.05, 0) is 37.9 Å². The van der Waals surface area contributed by atoms with E-state index in [1.165, 1.54) is 36.8 Å². The lowest BCUT2D eigenvalue weighted by atomic mass is 9.89. The van der Waals surface area contributed by atoms with Gasteiger partial charge < -0.3 is 10.2 Å². The number of benzene rings is 2. The maximum absolute atomic E-state index is 12.9. The summed E-state index contributed by atoms with van der Waals surface area (Å²) in [6, 6.07) is 8.19. The Balaban J connectivity index is 0.000000214. The van der Waals surface area contributed by atoms with E-state index in [0.29, 0.717) is 0 Å². The molecule has 202 valence electrons. The van der Waals surface area contributed by atoms with Gasteiger partial charge in [-0.25, -0.2) is 40.1 Å². The number of para-hydroxylation sites is 1. The van der Waals surface area contributed by atoms with Crippen LogP contribution in [0, 0.1) is 35.0 Å². The van der Waals surface area contributed by atoms with Gasteiger partial charge in [-0.3, -0.25) is 0 Å². The number of sulfonamides is 1. The third-order valence-electron chi connectivity index (χ3n) is 5.99. The fourth-order valence-electron chi connectivity index (χ4n) is 4.03. The minimum atomic E-state index is -4.77. The van der Waals surface area contributed by atoms with Crippen molar-refractivity contribution in [2.24, 2.45) is 5.92 Å². The highest BCUT2D eigenvalue weighted by atomic mass is 32.2. The molecule has 13 heteroatoms. The number of halogens is 5. The Bertz CT molecular complexity index is 1340. The lowest BCUT2D eigenvalue weighted by Gasteiger charge is -2.22. The third kappa shape index (κ3) is 6.45. The molecule has 1 aromatic heterocycles. The SMILES string of the molecule is CN(C)c1nc(NCC2CCCCC2)nc2ccccc12.CNS(=O)(=O)c1c(F)c(F)c(F)c(F)c1F. The van der Waals surface area contributed by atoms with Gasteiger partial charge in [0, 0.05) is 26.0 Å². The second kappa shape index (κ2) is 12.0. The maximum Gasteiger partial charge on any atom is 0.246 e. The van der Waals surface area contributed by atoms with Crippen LogP contribution in [0.15, 0.2) is 29.2 Å². The first-order valence-electron chi connectivity index (χ1n) is 11.6. The minimum absolute atomic E-state index is 0.753. The van der Waals surface area contributed by atoms with Crippen molar-refractivity contribution in [3.8, 4) is 0 Å². The number of rotatable bonds is 6. The standard InChI is InChI=1S/C17H24N4.C7H4F5NO2S/c1-21(2)16-14-10-6-7-11-15(14)19-17(20-16)18-12-13-8-4-3-5-9-13;1-13-16(14,15)7-5(11)3(9)2(8)4(10)6(7)12/h6-7,10-11,13H,3-5,8-9,12H2,1-2H3,(H,18,19,20);13H,1H3. The van der Waals surface area contributed by atoms with Gasteiger partial charge >= 0.3 is 0 Å². The molecule has 2 N–H and O–H groups in total. The average molecular weight is 546 g/mol. The zero-order valence-electron chi connectivity index (χ0n) is 20.6. The van der Waals surface area contributed by atoms with Crippen LogP contribution in [-0.2, 0) is 10.0 Å². The molecule has 0 spiro atoms. The van der Waals surface area contributed by atoms with Crippen LogP contribution in [0.1, 0.15) is 32.1 Å². The number of hydrogen-bond donors (Lipinski definition) is 2. The van der Waals surface area contributed by atoms with Crippen LogP contribution in [0.5, 0.6) is 0 Å². The number of nitrogens with one attached hydrogen (secondary N) is 2. The Morgan fingerprint density at radius 2 is 1.46 bits per heavy atom. The number of aromatic nitrogens is 2. The second-order valence-corrected chi connectivity index (χ2v) is 10.6. The van der Waals surface area contributed by atoms with Crippen LogP contribution in [0.4, 0.5) is 33.7 Å². The Morgan fingerprint density at radius 3 is 2.03 bits per heavy atom. The molecule has 1 aliphatic carbocycles. The topological polar surface area (TPSA) is 87.2 Å². The van der Waals surface area contributed by atoms with Crippen LogP contribution < -0.4 is 14.9 Å². The van der Waals surface area contributed by atoms with Crippen molar-refractivity contribution >= 4 is 32.7 Å². The van der Waals surface area contributed by atoms with E-state index in [-0.39, 0.29) is 0 Å². The highest BCUT2D eigenvalue weighted by molar-refractivity contribution is 7.89. The Labute approximate surface area is 212 Å². The molecule has 1 saturated carbocycles. The molecule has 3 aromatic rings. The van der Waals surface area contributed by atoms with E-state index in [2.05, 4.69) is 32.3 Å². The summed E-state index contributed by atoms with van der Waals surface area (Å²) >= 11 is 0. The van der Waals surface area contributed by atoms with Gasteiger partial charge in [0.2, 0.25) is 21.8 Å². The van der Waals surface area contributed by atoms with Crippen molar-refractivity contribution in [1.29, 1.82) is 0 Å². The molecule has 2 aromatic carbocycles. The fourth-order valence-corrected chi connectivity index (χ4v) is 4.88. The highest BCUT2D eigenvalue weighted by Crippen LogP contribution is 2.27. The summed E-state index contributed by atoms with van der Waals surface area (Å²) in [6.07, 6.45) is 6.80. The quantitative estimate of drug-likeness (QED) is 0.258. The number of hydrogen-bond acceptors (Lipinski definition) is 6. The number of nitrogens with zero attached hydrogens (tertiary/aromatic N) is 3. The lowest BCUT2D eigenvalue weighted by molar-refractivity contribution is 0.357. The van der Waals surface area contributed by atoms with Gasteiger partial charge in [0.15, 0.2) is 28.2 Å². The van der Waals surface area contributed by atoms with Crippen LogP contribution in [0.25, 0.3) is 10.9 Å². The van der Waals surface area contributed by atoms with Crippen LogP contribution >= 0.6 is 0 Å². The summed E-state index contributed by atoms with van der Waals surface area (Å²) in [5.74, 6) is -9.33. The third-order valence-corrected chi connectivity index (χ3v) is 7.42. The minimum Gasteiger partial charge on any atom is -0.362 e. The highest BCUT2D eigenvalue weighted by Gasteiger charge is 2.32. The smallest absolute Gasteiger partial charge is 0.246 e. The molecule has 0 amide bonds. The summed E-state index contributed by atoms with van der Waals surface area (Å²) in [7, 11) is 0.0582. The van der Waals surface area contributed by atoms with Crippen molar-refractivity contribution in [3.05, 3.63) is 53.4 Å². The zero-order chi connectivity index (χ0) is 27.3. The zero-order valence-corrected chi connectivity index (χ0v) is 21.4. The monoisotopic (exact) mass is 545 g/mol. The molecule has 0 saturated heterocycles. The summed E-state index contributed by atoms with van der Waals surface area (Å²) in [6.45, 7) is 0.991. The van der Waals surface area contributed by atoms with Crippen molar-refractivity contribution in [2.45, 2.75) is 37.0 Å². The number of fused-ring (bicyclic) bond motifs is 1. The van der Waals surface area contributed by atoms with Crippen molar-refractivity contribution < 1.29 is 30.4 Å². The molecule has 37 heavy (non-hydrogen) atoms. The van der Waals surface area contributed by atoms with Crippen molar-refractivity contribution in [3.63, 3.8) is 0 Å². The number of anilines is 2. The maximum atomic E-state index is 12.9. The van der Waals surface area contributed by atoms with E-state index in [0.717, 1.165) is 42.2 Å². The van der Waals surface area contributed by atoms with Crippen LogP contribution in [0.3, 0.4) is 0 Å². The summed E-state index contributed by atoms with van der Waals surface area (Å²) in [5, 5.41) is 4.56. The molecular formula is C24H28F5N5O2S. The van der Waals surface area contributed by atoms with Gasteiger partial charge in [-0.15, -0.1) is 0 Å². The van der Waals surface area contributed by atoms with Gasteiger partial charge in [0.1, 0.15) is 5.82 Å². The summed E-state index contributed by atoms with van der Waals surface area (Å²) in [4.78, 5) is 9.50. The first-order valence-corrected chi connectivity index (χ1v) is 13.1. The molecule has 0 unspecified atom stereocenters. The molecular weight excluding hydrogens is 517 g/mol. The summed E-state index contributed by atoms with van der Waals surface area (Å²) < 4.78 is 87.1. The van der Waals surface area contributed by atoms with Gasteiger partial charge in [-0.2, -0.15) is 4.98 Å². The molecule has 0 atom stereocenters. The predicted molar refractivity (Wildman–Crippen MR) is 131 cm³/mol. The summed E-state index contributed by atoms with van der Waals surface area (Å²) in [5.41, 5.74) is 1.00. The van der Waals surface area contributed by atoms with Crippen molar-refractivity contribution in [1.82, 2.24) is 14.7 Å². The van der Waals surface area contributed by atoms with E-state index in [1.807, 2.05) is 26.2 Å². The van der Waals surface area contributed by atoms with Gasteiger partial charge in [-0.1, -0.05) is 31.4 Å². The predicted octanol–water partition coefficient (Wildman–Crippen LogP) is 4.98.